The first kappa shape index (κ1) is 21.8. The lowest BCUT2D eigenvalue weighted by molar-refractivity contribution is 0.0683. The summed E-state index contributed by atoms with van der Waals surface area (Å²) in [6.07, 6.45) is 0. The molecule has 0 radical (unpaired) electrons. The predicted molar refractivity (Wildman–Crippen MR) is 138 cm³/mol. The molecule has 0 atom stereocenters. The summed E-state index contributed by atoms with van der Waals surface area (Å²) in [6.45, 7) is 5.14. The van der Waals surface area contributed by atoms with Crippen LogP contribution in [0.2, 0.25) is 5.02 Å². The topological polar surface area (TPSA) is 37.7 Å². The molecule has 0 aliphatic carbocycles. The Kier molecular flexibility index (Phi) is 6.53. The molecule has 6 heteroatoms. The number of aryl methyl sites for hydroxylation is 1. The van der Waals surface area contributed by atoms with E-state index in [9.17, 15) is 0 Å². The average molecular weight is 474 g/mol. The minimum absolute atomic E-state index is 0.704. The van der Waals surface area contributed by atoms with Gasteiger partial charge in [-0.2, -0.15) is 0 Å². The second-order valence-electron chi connectivity index (χ2n) is 7.95. The highest BCUT2D eigenvalue weighted by Gasteiger charge is 2.20. The molecule has 0 unspecified atom stereocenters. The number of nitrogens with zero attached hydrogens (tertiary/aromatic N) is 3. The molecule has 4 nitrogen and oxygen atoms in total. The van der Waals surface area contributed by atoms with Crippen LogP contribution in [0.4, 0.5) is 5.00 Å². The normalized spacial score (nSPS) is 14.5. The number of ether oxygens (including phenoxy) is 1. The van der Waals surface area contributed by atoms with Crippen molar-refractivity contribution in [3.8, 4) is 21.8 Å². The highest BCUT2D eigenvalue weighted by Crippen LogP contribution is 2.40. The van der Waals surface area contributed by atoms with Gasteiger partial charge in [-0.1, -0.05) is 95.2 Å². The highest BCUT2D eigenvalue weighted by atomic mass is 35.5. The van der Waals surface area contributed by atoms with Crippen LogP contribution in [-0.2, 0) is 4.74 Å². The van der Waals surface area contributed by atoms with Crippen molar-refractivity contribution in [2.24, 2.45) is 4.99 Å². The summed E-state index contributed by atoms with van der Waals surface area (Å²) in [5.74, 6) is 0.960. The molecule has 0 spiro atoms. The third-order valence-corrected chi connectivity index (χ3v) is 6.83. The maximum atomic E-state index is 6.11. The summed E-state index contributed by atoms with van der Waals surface area (Å²) in [4.78, 5) is 12.6. The zero-order chi connectivity index (χ0) is 22.6. The van der Waals surface area contributed by atoms with Crippen LogP contribution in [0, 0.1) is 6.92 Å². The summed E-state index contributed by atoms with van der Waals surface area (Å²) in [6, 6.07) is 26.6. The number of thiazole rings is 1. The molecule has 5 rings (SSSR count). The Labute approximate surface area is 203 Å². The lowest BCUT2D eigenvalue weighted by atomic mass is 10.1. The molecule has 0 bridgehead atoms. The third-order valence-electron chi connectivity index (χ3n) is 5.58. The molecule has 4 aromatic rings. The summed E-state index contributed by atoms with van der Waals surface area (Å²) in [5, 5.41) is 2.54. The molecule has 1 saturated heterocycles. The van der Waals surface area contributed by atoms with E-state index in [1.54, 1.807) is 11.3 Å². The van der Waals surface area contributed by atoms with Crippen molar-refractivity contribution < 1.29 is 4.74 Å². The average Bonchev–Trinajstić information content (AvgIpc) is 3.29. The second kappa shape index (κ2) is 9.87. The standard InChI is InChI=1S/C27H24ClN3OS/c1-19-7-9-21(10-8-19)25(31-15-17-32-18-16-31)30-27-24(20-5-3-2-4-6-20)29-26(33-27)22-11-13-23(28)14-12-22/h2-14H,15-18H2,1H3. The number of aliphatic imine (C=N–C) groups is 1. The van der Waals surface area contributed by atoms with Crippen LogP contribution in [0.1, 0.15) is 11.1 Å². The van der Waals surface area contributed by atoms with E-state index in [0.29, 0.717) is 18.2 Å². The van der Waals surface area contributed by atoms with Gasteiger partial charge >= 0.3 is 0 Å². The van der Waals surface area contributed by atoms with Gasteiger partial charge in [0.1, 0.15) is 21.5 Å². The predicted octanol–water partition coefficient (Wildman–Crippen LogP) is 6.85. The zero-order valence-electron chi connectivity index (χ0n) is 18.4. The van der Waals surface area contributed by atoms with Crippen LogP contribution in [-0.4, -0.2) is 42.0 Å². The Hall–Kier alpha value is -2.99. The van der Waals surface area contributed by atoms with Crippen molar-refractivity contribution in [1.82, 2.24) is 9.88 Å². The molecule has 33 heavy (non-hydrogen) atoms. The van der Waals surface area contributed by atoms with E-state index >= 15 is 0 Å². The third kappa shape index (κ3) is 5.01. The fourth-order valence-electron chi connectivity index (χ4n) is 3.78. The zero-order valence-corrected chi connectivity index (χ0v) is 19.9. The summed E-state index contributed by atoms with van der Waals surface area (Å²) < 4.78 is 5.60. The molecule has 2 heterocycles. The van der Waals surface area contributed by atoms with Crippen LogP contribution >= 0.6 is 22.9 Å². The van der Waals surface area contributed by atoms with E-state index in [4.69, 9.17) is 26.3 Å². The molecule has 0 N–H and O–H groups in total. The lowest BCUT2D eigenvalue weighted by Crippen LogP contribution is -2.41. The fourth-order valence-corrected chi connectivity index (χ4v) is 4.87. The van der Waals surface area contributed by atoms with Gasteiger partial charge in [0.2, 0.25) is 0 Å². The number of halogens is 1. The van der Waals surface area contributed by atoms with Gasteiger partial charge in [-0.05, 0) is 19.1 Å². The molecule has 1 aliphatic heterocycles. The molecular formula is C27H24ClN3OS. The maximum Gasteiger partial charge on any atom is 0.146 e. The van der Waals surface area contributed by atoms with Crippen molar-refractivity contribution in [1.29, 1.82) is 0 Å². The van der Waals surface area contributed by atoms with Crippen molar-refractivity contribution in [3.63, 3.8) is 0 Å². The SMILES string of the molecule is Cc1ccc(C(=Nc2sc(-c3ccc(Cl)cc3)nc2-c2ccccc2)N2CCOCC2)cc1. The minimum Gasteiger partial charge on any atom is -0.378 e. The highest BCUT2D eigenvalue weighted by molar-refractivity contribution is 7.19. The van der Waals surface area contributed by atoms with E-state index < -0.39 is 0 Å². The quantitative estimate of drug-likeness (QED) is 0.240. The molecule has 1 aromatic heterocycles. The molecule has 0 amide bonds. The van der Waals surface area contributed by atoms with Gasteiger partial charge in [-0.25, -0.2) is 9.98 Å². The fraction of sp³-hybridized carbons (Fsp3) is 0.185. The smallest absolute Gasteiger partial charge is 0.146 e. The number of amidine groups is 1. The van der Waals surface area contributed by atoms with Gasteiger partial charge in [0, 0.05) is 34.8 Å². The van der Waals surface area contributed by atoms with Gasteiger partial charge < -0.3 is 9.64 Å². The van der Waals surface area contributed by atoms with Gasteiger partial charge in [-0.3, -0.25) is 0 Å². The van der Waals surface area contributed by atoms with Crippen molar-refractivity contribution >= 4 is 33.8 Å². The van der Waals surface area contributed by atoms with E-state index in [0.717, 1.165) is 51.3 Å². The number of aromatic nitrogens is 1. The van der Waals surface area contributed by atoms with Crippen molar-refractivity contribution in [2.75, 3.05) is 26.3 Å². The van der Waals surface area contributed by atoms with E-state index in [1.165, 1.54) is 5.56 Å². The van der Waals surface area contributed by atoms with Gasteiger partial charge in [0.25, 0.3) is 0 Å². The second-order valence-corrected chi connectivity index (χ2v) is 9.36. The minimum atomic E-state index is 0.704. The monoisotopic (exact) mass is 473 g/mol. The Morgan fingerprint density at radius 3 is 2.30 bits per heavy atom. The number of rotatable bonds is 4. The summed E-state index contributed by atoms with van der Waals surface area (Å²) in [7, 11) is 0. The van der Waals surface area contributed by atoms with Crippen LogP contribution in [0.15, 0.2) is 83.9 Å². The Balaban J connectivity index is 1.65. The largest absolute Gasteiger partial charge is 0.378 e. The van der Waals surface area contributed by atoms with Crippen LogP contribution in [0.5, 0.6) is 0 Å². The first-order chi connectivity index (χ1) is 16.2. The molecule has 0 saturated carbocycles. The Morgan fingerprint density at radius 1 is 0.909 bits per heavy atom. The maximum absolute atomic E-state index is 6.11. The van der Waals surface area contributed by atoms with E-state index in [-0.39, 0.29) is 0 Å². The number of hydrogen-bond donors (Lipinski definition) is 0. The Bertz CT molecular complexity index is 1250. The summed E-state index contributed by atoms with van der Waals surface area (Å²) in [5.41, 5.74) is 5.31. The molecule has 1 aliphatic rings. The van der Waals surface area contributed by atoms with Crippen molar-refractivity contribution in [2.45, 2.75) is 6.92 Å². The van der Waals surface area contributed by atoms with Crippen LogP contribution < -0.4 is 0 Å². The molecule has 3 aromatic carbocycles. The summed E-state index contributed by atoms with van der Waals surface area (Å²) >= 11 is 7.71. The van der Waals surface area contributed by atoms with Crippen molar-refractivity contribution in [3.05, 3.63) is 95.0 Å². The van der Waals surface area contributed by atoms with Crippen LogP contribution in [0.25, 0.3) is 21.8 Å². The molecule has 166 valence electrons. The Morgan fingerprint density at radius 2 is 1.61 bits per heavy atom. The molecule has 1 fully saturated rings. The number of hydrogen-bond acceptors (Lipinski definition) is 4. The first-order valence-electron chi connectivity index (χ1n) is 11.0. The number of benzene rings is 3. The first-order valence-corrected chi connectivity index (χ1v) is 12.2. The van der Waals surface area contributed by atoms with Gasteiger partial charge in [-0.15, -0.1) is 0 Å². The van der Waals surface area contributed by atoms with Gasteiger partial charge in [0.15, 0.2) is 0 Å². The van der Waals surface area contributed by atoms with E-state index in [1.807, 2.05) is 42.5 Å². The van der Waals surface area contributed by atoms with E-state index in [2.05, 4.69) is 48.2 Å². The van der Waals surface area contributed by atoms with Crippen LogP contribution in [0.3, 0.4) is 0 Å². The molecular weight excluding hydrogens is 450 g/mol. The lowest BCUT2D eigenvalue weighted by Gasteiger charge is -2.30. The van der Waals surface area contributed by atoms with Gasteiger partial charge in [0.05, 0.1) is 13.2 Å². The number of morpholine rings is 1.